The molecule has 3 aromatic rings. The van der Waals surface area contributed by atoms with E-state index in [1.54, 1.807) is 18.2 Å². The van der Waals surface area contributed by atoms with Gasteiger partial charge in [-0.25, -0.2) is 22.4 Å². The van der Waals surface area contributed by atoms with Gasteiger partial charge >= 0.3 is 5.97 Å². The molecule has 0 atom stereocenters. The molecular formula is C30H29F5O3. The molecular weight excluding hydrogens is 503 g/mol. The molecule has 8 heteroatoms. The van der Waals surface area contributed by atoms with Crippen LogP contribution in [0.2, 0.25) is 0 Å². The molecule has 0 N–H and O–H groups in total. The lowest BCUT2D eigenvalue weighted by Crippen LogP contribution is -2.15. The Morgan fingerprint density at radius 1 is 0.816 bits per heavy atom. The van der Waals surface area contributed by atoms with Gasteiger partial charge in [0.15, 0.2) is 34.8 Å². The summed E-state index contributed by atoms with van der Waals surface area (Å²) in [5.41, 5.74) is 0.635. The summed E-state index contributed by atoms with van der Waals surface area (Å²) < 4.78 is 82.2. The van der Waals surface area contributed by atoms with Gasteiger partial charge in [0.25, 0.3) is 0 Å². The zero-order valence-corrected chi connectivity index (χ0v) is 21.3. The molecule has 0 saturated heterocycles. The van der Waals surface area contributed by atoms with Crippen molar-refractivity contribution in [3.63, 3.8) is 0 Å². The Morgan fingerprint density at radius 3 is 2.18 bits per heavy atom. The summed E-state index contributed by atoms with van der Waals surface area (Å²) in [6.07, 6.45) is 4.00. The van der Waals surface area contributed by atoms with Gasteiger partial charge in [-0.15, -0.1) is 0 Å². The molecule has 202 valence electrons. The molecule has 0 aliphatic heterocycles. The third-order valence-corrected chi connectivity index (χ3v) is 7.12. The minimum Gasteiger partial charge on any atom is -0.490 e. The third-order valence-electron chi connectivity index (χ3n) is 7.12. The van der Waals surface area contributed by atoms with Crippen molar-refractivity contribution in [3.8, 4) is 11.5 Å². The lowest BCUT2D eigenvalue weighted by atomic mass is 9.76. The molecule has 38 heavy (non-hydrogen) atoms. The number of carbonyl (C=O) groups excluding carboxylic acids is 1. The topological polar surface area (TPSA) is 35.5 Å². The molecule has 0 heterocycles. The number of unbranched alkanes of at least 4 members (excludes halogenated alkanes) is 1. The van der Waals surface area contributed by atoms with Gasteiger partial charge in [0, 0.05) is 0 Å². The summed E-state index contributed by atoms with van der Waals surface area (Å²) in [5.74, 6) is -7.26. The molecule has 0 unspecified atom stereocenters. The van der Waals surface area contributed by atoms with E-state index in [4.69, 9.17) is 9.47 Å². The fourth-order valence-corrected chi connectivity index (χ4v) is 4.85. The third kappa shape index (κ3) is 5.84. The minimum atomic E-state index is -1.43. The lowest BCUT2D eigenvalue weighted by molar-refractivity contribution is 0.0721. The van der Waals surface area contributed by atoms with Gasteiger partial charge in [-0.1, -0.05) is 31.5 Å². The average Bonchev–Trinajstić information content (AvgIpc) is 2.91. The number of carbonyl (C=O) groups is 1. The van der Waals surface area contributed by atoms with Crippen LogP contribution in [0.1, 0.15) is 84.3 Å². The van der Waals surface area contributed by atoms with Crippen LogP contribution in [0.25, 0.3) is 0 Å². The number of halogens is 5. The first-order valence-electron chi connectivity index (χ1n) is 12.8. The van der Waals surface area contributed by atoms with Gasteiger partial charge in [0.1, 0.15) is 0 Å². The fourth-order valence-electron chi connectivity index (χ4n) is 4.85. The molecule has 1 aliphatic rings. The van der Waals surface area contributed by atoms with E-state index in [9.17, 15) is 26.7 Å². The molecule has 1 saturated carbocycles. The molecule has 0 amide bonds. The fraction of sp³-hybridized carbons (Fsp3) is 0.367. The summed E-state index contributed by atoms with van der Waals surface area (Å²) in [5, 5.41) is 0. The van der Waals surface area contributed by atoms with Crippen molar-refractivity contribution in [3.05, 3.63) is 93.8 Å². The number of ether oxygens (including phenoxy) is 2. The molecule has 0 aromatic heterocycles. The van der Waals surface area contributed by atoms with Crippen LogP contribution in [0.4, 0.5) is 22.0 Å². The second-order valence-electron chi connectivity index (χ2n) is 9.67. The SMILES string of the molecule is CCCCOc1ccc(C(=O)Oc2ccc(C3CCC(c4ccc(C)c(F)c4F)CC3)cc2F)c(F)c1F. The second kappa shape index (κ2) is 12.0. The number of hydrogen-bond acceptors (Lipinski definition) is 3. The van der Waals surface area contributed by atoms with Crippen LogP contribution in [0.5, 0.6) is 11.5 Å². The van der Waals surface area contributed by atoms with Crippen molar-refractivity contribution in [1.82, 2.24) is 0 Å². The van der Waals surface area contributed by atoms with Gasteiger partial charge in [0.2, 0.25) is 5.82 Å². The zero-order chi connectivity index (χ0) is 27.4. The number of rotatable bonds is 8. The van der Waals surface area contributed by atoms with Crippen LogP contribution in [0.3, 0.4) is 0 Å². The highest BCUT2D eigenvalue weighted by atomic mass is 19.2. The number of esters is 1. The standard InChI is InChI=1S/C30H29F5O3/c1-3-4-15-37-25-14-12-22(28(34)29(25)35)30(36)38-24-13-10-20(16-23(24)31)18-6-8-19(9-7-18)21-11-5-17(2)26(32)27(21)33/h5,10-14,16,18-19H,3-4,6-9,15H2,1-2H3. The highest BCUT2D eigenvalue weighted by Crippen LogP contribution is 2.42. The molecule has 1 fully saturated rings. The molecule has 1 aliphatic carbocycles. The van der Waals surface area contributed by atoms with Crippen molar-refractivity contribution in [2.45, 2.75) is 64.2 Å². The van der Waals surface area contributed by atoms with Gasteiger partial charge in [0.05, 0.1) is 12.2 Å². The highest BCUT2D eigenvalue weighted by Gasteiger charge is 2.28. The van der Waals surface area contributed by atoms with Crippen LogP contribution in [-0.2, 0) is 0 Å². The van der Waals surface area contributed by atoms with Crippen molar-refractivity contribution in [2.24, 2.45) is 0 Å². The molecule has 3 nitrogen and oxygen atoms in total. The van der Waals surface area contributed by atoms with E-state index < -0.39 is 46.4 Å². The van der Waals surface area contributed by atoms with E-state index >= 15 is 0 Å². The predicted octanol–water partition coefficient (Wildman–Crippen LogP) is 8.53. The van der Waals surface area contributed by atoms with Crippen LogP contribution >= 0.6 is 0 Å². The van der Waals surface area contributed by atoms with E-state index in [-0.39, 0.29) is 29.8 Å². The maximum atomic E-state index is 14.8. The van der Waals surface area contributed by atoms with E-state index in [2.05, 4.69) is 0 Å². The molecule has 0 spiro atoms. The number of benzene rings is 3. The summed E-state index contributed by atoms with van der Waals surface area (Å²) in [4.78, 5) is 12.4. The first-order chi connectivity index (χ1) is 18.2. The Kier molecular flexibility index (Phi) is 8.69. The van der Waals surface area contributed by atoms with Gasteiger partial charge < -0.3 is 9.47 Å². The molecule has 4 rings (SSSR count). The largest absolute Gasteiger partial charge is 0.490 e. The Balaban J connectivity index is 1.40. The lowest BCUT2D eigenvalue weighted by Gasteiger charge is -2.29. The Labute approximate surface area is 218 Å². The quantitative estimate of drug-likeness (QED) is 0.126. The van der Waals surface area contributed by atoms with Crippen molar-refractivity contribution < 1.29 is 36.2 Å². The van der Waals surface area contributed by atoms with Crippen molar-refractivity contribution in [2.75, 3.05) is 6.61 Å². The molecule has 0 bridgehead atoms. The van der Waals surface area contributed by atoms with Crippen molar-refractivity contribution >= 4 is 5.97 Å². The van der Waals surface area contributed by atoms with E-state index in [1.807, 2.05) is 6.92 Å². The summed E-state index contributed by atoms with van der Waals surface area (Å²) >= 11 is 0. The van der Waals surface area contributed by atoms with Crippen LogP contribution in [0, 0.1) is 36.0 Å². The van der Waals surface area contributed by atoms with Gasteiger partial charge in [-0.2, -0.15) is 4.39 Å². The predicted molar refractivity (Wildman–Crippen MR) is 133 cm³/mol. The summed E-state index contributed by atoms with van der Waals surface area (Å²) in [7, 11) is 0. The normalized spacial score (nSPS) is 17.3. The Bertz CT molecular complexity index is 1320. The number of hydrogen-bond donors (Lipinski definition) is 0. The van der Waals surface area contributed by atoms with Crippen LogP contribution < -0.4 is 9.47 Å². The zero-order valence-electron chi connectivity index (χ0n) is 21.3. The highest BCUT2D eigenvalue weighted by molar-refractivity contribution is 5.91. The van der Waals surface area contributed by atoms with Gasteiger partial charge in [-0.05, 0) is 91.8 Å². The molecule has 0 radical (unpaired) electrons. The Morgan fingerprint density at radius 2 is 1.50 bits per heavy atom. The van der Waals surface area contributed by atoms with Crippen LogP contribution in [0.15, 0.2) is 42.5 Å². The van der Waals surface area contributed by atoms with E-state index in [0.717, 1.165) is 18.6 Å². The minimum absolute atomic E-state index is 0.00403. The second-order valence-corrected chi connectivity index (χ2v) is 9.67. The summed E-state index contributed by atoms with van der Waals surface area (Å²) in [6.45, 7) is 3.65. The first-order valence-corrected chi connectivity index (χ1v) is 12.8. The van der Waals surface area contributed by atoms with E-state index in [1.165, 1.54) is 19.1 Å². The maximum Gasteiger partial charge on any atom is 0.346 e. The molecule has 3 aromatic carbocycles. The van der Waals surface area contributed by atoms with E-state index in [0.29, 0.717) is 43.2 Å². The number of aryl methyl sites for hydroxylation is 1. The van der Waals surface area contributed by atoms with Gasteiger partial charge in [-0.3, -0.25) is 0 Å². The average molecular weight is 533 g/mol. The van der Waals surface area contributed by atoms with Crippen LogP contribution in [-0.4, -0.2) is 12.6 Å². The summed E-state index contributed by atoms with van der Waals surface area (Å²) in [6, 6.07) is 9.52. The smallest absolute Gasteiger partial charge is 0.346 e. The Hall–Kier alpha value is -3.42. The maximum absolute atomic E-state index is 14.8. The monoisotopic (exact) mass is 532 g/mol. The first kappa shape index (κ1) is 27.6. The van der Waals surface area contributed by atoms with Crippen molar-refractivity contribution in [1.29, 1.82) is 0 Å².